The Kier molecular flexibility index (Phi) is 9.09. The van der Waals surface area contributed by atoms with Crippen molar-refractivity contribution in [2.45, 2.75) is 46.0 Å². The first-order chi connectivity index (χ1) is 7.98. The Hall–Kier alpha value is -0.610. The molecule has 0 aromatic rings. The molecule has 0 aliphatic carbocycles. The highest BCUT2D eigenvalue weighted by Gasteiger charge is 2.18. The van der Waals surface area contributed by atoms with Gasteiger partial charge in [0.25, 0.3) is 0 Å². The highest BCUT2D eigenvalue weighted by Crippen LogP contribution is 2.25. The lowest BCUT2D eigenvalue weighted by molar-refractivity contribution is -0.137. The summed E-state index contributed by atoms with van der Waals surface area (Å²) in [6, 6.07) is 0. The highest BCUT2D eigenvalue weighted by atomic mass is 16.5. The van der Waals surface area contributed by atoms with E-state index < -0.39 is 5.97 Å². The van der Waals surface area contributed by atoms with Crippen molar-refractivity contribution in [2.75, 3.05) is 26.8 Å². The number of carboxylic acid groups (broad SMARTS) is 1. The van der Waals surface area contributed by atoms with Crippen molar-refractivity contribution in [3.63, 3.8) is 0 Å². The van der Waals surface area contributed by atoms with Crippen LogP contribution >= 0.6 is 0 Å². The number of unbranched alkanes of at least 4 members (excludes halogenated alkanes) is 1. The van der Waals surface area contributed by atoms with Crippen LogP contribution in [0, 0.1) is 5.41 Å². The number of aliphatic carboxylic acids is 1. The lowest BCUT2D eigenvalue weighted by Gasteiger charge is -2.23. The molecule has 17 heavy (non-hydrogen) atoms. The number of hydrogen-bond donors (Lipinski definition) is 2. The molecule has 0 spiro atoms. The molecule has 0 aliphatic rings. The van der Waals surface area contributed by atoms with E-state index in [1.807, 2.05) is 0 Å². The molecule has 0 rings (SSSR count). The highest BCUT2D eigenvalue weighted by molar-refractivity contribution is 5.66. The fourth-order valence-electron chi connectivity index (χ4n) is 1.62. The van der Waals surface area contributed by atoms with E-state index in [0.717, 1.165) is 45.4 Å². The maximum Gasteiger partial charge on any atom is 0.303 e. The number of ether oxygens (including phenoxy) is 1. The Balaban J connectivity index is 3.42. The van der Waals surface area contributed by atoms with Gasteiger partial charge in [0.1, 0.15) is 0 Å². The van der Waals surface area contributed by atoms with Crippen molar-refractivity contribution in [3.8, 4) is 0 Å². The molecule has 0 bridgehead atoms. The number of rotatable bonds is 11. The third kappa shape index (κ3) is 11.6. The quantitative estimate of drug-likeness (QED) is 0.548. The molecule has 0 heterocycles. The second-order valence-electron chi connectivity index (χ2n) is 5.26. The molecule has 0 aromatic carbocycles. The van der Waals surface area contributed by atoms with E-state index in [1.54, 1.807) is 7.11 Å². The van der Waals surface area contributed by atoms with Crippen molar-refractivity contribution in [1.82, 2.24) is 5.32 Å². The van der Waals surface area contributed by atoms with E-state index in [2.05, 4.69) is 19.2 Å². The van der Waals surface area contributed by atoms with Crippen LogP contribution in [-0.4, -0.2) is 37.9 Å². The third-order valence-corrected chi connectivity index (χ3v) is 2.95. The van der Waals surface area contributed by atoms with Crippen molar-refractivity contribution in [2.24, 2.45) is 5.41 Å². The number of carboxylic acids is 1. The molecule has 0 saturated heterocycles. The Morgan fingerprint density at radius 2 is 1.94 bits per heavy atom. The summed E-state index contributed by atoms with van der Waals surface area (Å²) in [6.07, 6.45) is 4.24. The topological polar surface area (TPSA) is 58.6 Å². The monoisotopic (exact) mass is 245 g/mol. The smallest absolute Gasteiger partial charge is 0.303 e. The van der Waals surface area contributed by atoms with Crippen molar-refractivity contribution >= 4 is 5.97 Å². The summed E-state index contributed by atoms with van der Waals surface area (Å²) >= 11 is 0. The average molecular weight is 245 g/mol. The van der Waals surface area contributed by atoms with Crippen LogP contribution in [0.3, 0.4) is 0 Å². The van der Waals surface area contributed by atoms with E-state index in [9.17, 15) is 4.79 Å². The minimum Gasteiger partial charge on any atom is -0.481 e. The first kappa shape index (κ1) is 16.4. The van der Waals surface area contributed by atoms with Gasteiger partial charge in [0, 0.05) is 20.1 Å². The molecule has 0 atom stereocenters. The van der Waals surface area contributed by atoms with E-state index in [0.29, 0.717) is 0 Å². The van der Waals surface area contributed by atoms with Gasteiger partial charge in [0.05, 0.1) is 0 Å². The Labute approximate surface area is 105 Å². The average Bonchev–Trinajstić information content (AvgIpc) is 2.25. The molecule has 0 aromatic heterocycles. The largest absolute Gasteiger partial charge is 0.481 e. The minimum absolute atomic E-state index is 0.109. The van der Waals surface area contributed by atoms with Crippen LogP contribution < -0.4 is 5.32 Å². The zero-order chi connectivity index (χ0) is 13.1. The molecule has 0 fully saturated rings. The second-order valence-corrected chi connectivity index (χ2v) is 5.26. The van der Waals surface area contributed by atoms with Crippen LogP contribution in [0.4, 0.5) is 0 Å². The summed E-state index contributed by atoms with van der Waals surface area (Å²) in [5.41, 5.74) is 0.109. The van der Waals surface area contributed by atoms with Gasteiger partial charge in [-0.25, -0.2) is 0 Å². The van der Waals surface area contributed by atoms with Gasteiger partial charge in [0.15, 0.2) is 0 Å². The standard InChI is InChI=1S/C13H27NO3/c1-13(2,7-6-12(15)16)8-10-14-9-4-5-11-17-3/h14H,4-11H2,1-3H3,(H,15,16). The molecule has 0 amide bonds. The van der Waals surface area contributed by atoms with Gasteiger partial charge in [-0.3, -0.25) is 4.79 Å². The predicted molar refractivity (Wildman–Crippen MR) is 69.2 cm³/mol. The minimum atomic E-state index is -0.703. The van der Waals surface area contributed by atoms with Crippen LogP contribution in [0.5, 0.6) is 0 Å². The van der Waals surface area contributed by atoms with Gasteiger partial charge in [-0.05, 0) is 44.2 Å². The summed E-state index contributed by atoms with van der Waals surface area (Å²) in [7, 11) is 1.72. The Morgan fingerprint density at radius 1 is 1.24 bits per heavy atom. The summed E-state index contributed by atoms with van der Waals surface area (Å²) in [5, 5.41) is 12.0. The van der Waals surface area contributed by atoms with Gasteiger partial charge >= 0.3 is 5.97 Å². The summed E-state index contributed by atoms with van der Waals surface area (Å²) < 4.78 is 4.97. The van der Waals surface area contributed by atoms with Gasteiger partial charge < -0.3 is 15.2 Å². The zero-order valence-electron chi connectivity index (χ0n) is 11.4. The number of carbonyl (C=O) groups is 1. The lowest BCUT2D eigenvalue weighted by Crippen LogP contribution is -2.24. The fraction of sp³-hybridized carbons (Fsp3) is 0.923. The van der Waals surface area contributed by atoms with Crippen LogP contribution in [0.15, 0.2) is 0 Å². The zero-order valence-corrected chi connectivity index (χ0v) is 11.4. The first-order valence-corrected chi connectivity index (χ1v) is 6.39. The van der Waals surface area contributed by atoms with Gasteiger partial charge in [-0.2, -0.15) is 0 Å². The van der Waals surface area contributed by atoms with Crippen LogP contribution in [0.1, 0.15) is 46.0 Å². The van der Waals surface area contributed by atoms with Gasteiger partial charge in [-0.15, -0.1) is 0 Å². The van der Waals surface area contributed by atoms with Crippen LogP contribution in [0.2, 0.25) is 0 Å². The van der Waals surface area contributed by atoms with E-state index >= 15 is 0 Å². The van der Waals surface area contributed by atoms with E-state index in [-0.39, 0.29) is 11.8 Å². The Bertz CT molecular complexity index is 205. The second kappa shape index (κ2) is 9.42. The molecular formula is C13H27NO3. The maximum atomic E-state index is 10.5. The van der Waals surface area contributed by atoms with Crippen molar-refractivity contribution in [1.29, 1.82) is 0 Å². The molecular weight excluding hydrogens is 218 g/mol. The fourth-order valence-corrected chi connectivity index (χ4v) is 1.62. The normalized spacial score (nSPS) is 11.7. The van der Waals surface area contributed by atoms with E-state index in [1.165, 1.54) is 0 Å². The van der Waals surface area contributed by atoms with Gasteiger partial charge in [-0.1, -0.05) is 13.8 Å². The molecule has 0 aliphatic heterocycles. The lowest BCUT2D eigenvalue weighted by atomic mass is 9.84. The molecule has 4 heteroatoms. The summed E-state index contributed by atoms with van der Waals surface area (Å²) in [6.45, 7) is 7.05. The van der Waals surface area contributed by atoms with E-state index in [4.69, 9.17) is 9.84 Å². The number of hydrogen-bond acceptors (Lipinski definition) is 3. The molecule has 2 N–H and O–H groups in total. The third-order valence-electron chi connectivity index (χ3n) is 2.95. The van der Waals surface area contributed by atoms with Crippen molar-refractivity contribution in [3.05, 3.63) is 0 Å². The summed E-state index contributed by atoms with van der Waals surface area (Å²) in [4.78, 5) is 10.5. The van der Waals surface area contributed by atoms with Crippen molar-refractivity contribution < 1.29 is 14.6 Å². The Morgan fingerprint density at radius 3 is 2.53 bits per heavy atom. The van der Waals surface area contributed by atoms with Gasteiger partial charge in [0.2, 0.25) is 0 Å². The molecule has 0 unspecified atom stereocenters. The van der Waals surface area contributed by atoms with Crippen LogP contribution in [-0.2, 0) is 9.53 Å². The number of methoxy groups -OCH3 is 1. The van der Waals surface area contributed by atoms with Crippen LogP contribution in [0.25, 0.3) is 0 Å². The number of nitrogens with one attached hydrogen (secondary N) is 1. The molecule has 0 radical (unpaired) electrons. The predicted octanol–water partition coefficient (Wildman–Crippen LogP) is 2.28. The molecule has 102 valence electrons. The maximum absolute atomic E-state index is 10.5. The molecule has 0 saturated carbocycles. The SMILES string of the molecule is COCCCCNCCC(C)(C)CCC(=O)O. The first-order valence-electron chi connectivity index (χ1n) is 6.39. The summed E-state index contributed by atoms with van der Waals surface area (Å²) in [5.74, 6) is -0.703. The molecule has 4 nitrogen and oxygen atoms in total.